The summed E-state index contributed by atoms with van der Waals surface area (Å²) >= 11 is 5.96. The predicted octanol–water partition coefficient (Wildman–Crippen LogP) is 2.48. The fourth-order valence-electron chi connectivity index (χ4n) is 1.51. The van der Waals surface area contributed by atoms with E-state index in [0.29, 0.717) is 0 Å². The fourth-order valence-corrected chi connectivity index (χ4v) is 1.65. The summed E-state index contributed by atoms with van der Waals surface area (Å²) in [5.41, 5.74) is 1.23. The van der Waals surface area contributed by atoms with Crippen LogP contribution in [0.15, 0.2) is 6.20 Å². The van der Waals surface area contributed by atoms with Gasteiger partial charge in [-0.25, -0.2) is 0 Å². The standard InChI is InChI=1S/C11H20ClN3/c1-5-13-7-11(3,4)8-15-9(2)10(12)6-14-15/h6,13H,5,7-8H2,1-4H3. The molecular formula is C11H20ClN3. The molecule has 0 atom stereocenters. The summed E-state index contributed by atoms with van der Waals surface area (Å²) < 4.78 is 1.97. The molecule has 0 saturated carbocycles. The number of hydrogen-bond acceptors (Lipinski definition) is 2. The lowest BCUT2D eigenvalue weighted by molar-refractivity contribution is 0.276. The highest BCUT2D eigenvalue weighted by Crippen LogP contribution is 2.20. The molecule has 0 aliphatic heterocycles. The highest BCUT2D eigenvalue weighted by atomic mass is 35.5. The smallest absolute Gasteiger partial charge is 0.0814 e. The average molecular weight is 230 g/mol. The Morgan fingerprint density at radius 1 is 1.53 bits per heavy atom. The maximum atomic E-state index is 5.96. The van der Waals surface area contributed by atoms with Gasteiger partial charge in [0.2, 0.25) is 0 Å². The Kier molecular flexibility index (Phi) is 4.17. The van der Waals surface area contributed by atoms with Crippen molar-refractivity contribution in [2.75, 3.05) is 13.1 Å². The third-order valence-corrected chi connectivity index (χ3v) is 2.85. The summed E-state index contributed by atoms with van der Waals surface area (Å²) in [6.07, 6.45) is 1.71. The average Bonchev–Trinajstić information content (AvgIpc) is 2.46. The van der Waals surface area contributed by atoms with Crippen LogP contribution in [0, 0.1) is 12.3 Å². The number of hydrogen-bond donors (Lipinski definition) is 1. The third-order valence-electron chi connectivity index (χ3n) is 2.47. The van der Waals surface area contributed by atoms with Crippen molar-refractivity contribution in [3.63, 3.8) is 0 Å². The van der Waals surface area contributed by atoms with Crippen LogP contribution in [-0.2, 0) is 6.54 Å². The molecule has 15 heavy (non-hydrogen) atoms. The highest BCUT2D eigenvalue weighted by Gasteiger charge is 2.19. The quantitative estimate of drug-likeness (QED) is 0.841. The molecule has 0 radical (unpaired) electrons. The van der Waals surface area contributed by atoms with E-state index in [0.717, 1.165) is 30.4 Å². The first-order valence-electron chi connectivity index (χ1n) is 5.35. The highest BCUT2D eigenvalue weighted by molar-refractivity contribution is 6.31. The van der Waals surface area contributed by atoms with Crippen LogP contribution in [0.5, 0.6) is 0 Å². The number of halogens is 1. The van der Waals surface area contributed by atoms with E-state index in [1.54, 1.807) is 6.20 Å². The van der Waals surface area contributed by atoms with Crippen LogP contribution in [0.4, 0.5) is 0 Å². The molecule has 1 rings (SSSR count). The first-order valence-corrected chi connectivity index (χ1v) is 5.72. The van der Waals surface area contributed by atoms with Crippen molar-refractivity contribution >= 4 is 11.6 Å². The third kappa shape index (κ3) is 3.50. The van der Waals surface area contributed by atoms with Crippen molar-refractivity contribution in [2.45, 2.75) is 34.2 Å². The first-order chi connectivity index (χ1) is 6.96. The maximum absolute atomic E-state index is 5.96. The molecule has 0 fully saturated rings. The van der Waals surface area contributed by atoms with E-state index in [2.05, 4.69) is 31.2 Å². The van der Waals surface area contributed by atoms with Crippen molar-refractivity contribution in [3.05, 3.63) is 16.9 Å². The Balaban J connectivity index is 2.64. The van der Waals surface area contributed by atoms with Gasteiger partial charge in [-0.15, -0.1) is 0 Å². The first kappa shape index (κ1) is 12.5. The second kappa shape index (κ2) is 4.99. The summed E-state index contributed by atoms with van der Waals surface area (Å²) in [4.78, 5) is 0. The Labute approximate surface area is 96.8 Å². The lowest BCUT2D eigenvalue weighted by Gasteiger charge is -2.25. The van der Waals surface area contributed by atoms with Crippen LogP contribution in [0.3, 0.4) is 0 Å². The van der Waals surface area contributed by atoms with E-state index >= 15 is 0 Å². The number of nitrogens with one attached hydrogen (secondary N) is 1. The Morgan fingerprint density at radius 2 is 2.20 bits per heavy atom. The van der Waals surface area contributed by atoms with Crippen molar-refractivity contribution in [3.8, 4) is 0 Å². The topological polar surface area (TPSA) is 29.9 Å². The van der Waals surface area contributed by atoms with Gasteiger partial charge in [0.1, 0.15) is 0 Å². The zero-order chi connectivity index (χ0) is 11.5. The largest absolute Gasteiger partial charge is 0.316 e. The summed E-state index contributed by atoms with van der Waals surface area (Å²) in [6.45, 7) is 11.4. The van der Waals surface area contributed by atoms with Crippen molar-refractivity contribution < 1.29 is 0 Å². The molecule has 1 N–H and O–H groups in total. The summed E-state index contributed by atoms with van der Waals surface area (Å²) in [5, 5.41) is 8.37. The zero-order valence-electron chi connectivity index (χ0n) is 9.97. The molecule has 0 unspecified atom stereocenters. The predicted molar refractivity (Wildman–Crippen MR) is 64.3 cm³/mol. The van der Waals surface area contributed by atoms with E-state index in [4.69, 9.17) is 11.6 Å². The summed E-state index contributed by atoms with van der Waals surface area (Å²) in [5.74, 6) is 0. The molecule has 0 aromatic carbocycles. The van der Waals surface area contributed by atoms with Gasteiger partial charge in [-0.1, -0.05) is 32.4 Å². The van der Waals surface area contributed by atoms with Crippen LogP contribution in [-0.4, -0.2) is 22.9 Å². The number of nitrogens with zero attached hydrogens (tertiary/aromatic N) is 2. The summed E-state index contributed by atoms with van der Waals surface area (Å²) in [7, 11) is 0. The van der Waals surface area contributed by atoms with Crippen molar-refractivity contribution in [2.24, 2.45) is 5.41 Å². The SMILES string of the molecule is CCNCC(C)(C)Cn1ncc(Cl)c1C. The zero-order valence-corrected chi connectivity index (χ0v) is 10.7. The van der Waals surface area contributed by atoms with Crippen molar-refractivity contribution in [1.82, 2.24) is 15.1 Å². The molecule has 4 heteroatoms. The lowest BCUT2D eigenvalue weighted by atomic mass is 9.93. The van der Waals surface area contributed by atoms with Gasteiger partial charge in [0.05, 0.1) is 16.9 Å². The molecule has 0 saturated heterocycles. The van der Waals surface area contributed by atoms with Gasteiger partial charge in [-0.3, -0.25) is 4.68 Å². The minimum atomic E-state index is 0.191. The molecule has 1 heterocycles. The Hall–Kier alpha value is -0.540. The minimum absolute atomic E-state index is 0.191. The van der Waals surface area contributed by atoms with Gasteiger partial charge in [0, 0.05) is 13.1 Å². The molecule has 0 aliphatic carbocycles. The van der Waals surface area contributed by atoms with E-state index in [1.807, 2.05) is 11.6 Å². The van der Waals surface area contributed by atoms with Gasteiger partial charge < -0.3 is 5.32 Å². The number of rotatable bonds is 5. The number of aromatic nitrogens is 2. The van der Waals surface area contributed by atoms with Crippen molar-refractivity contribution in [1.29, 1.82) is 0 Å². The van der Waals surface area contributed by atoms with Gasteiger partial charge in [0.25, 0.3) is 0 Å². The molecule has 3 nitrogen and oxygen atoms in total. The molecule has 1 aromatic rings. The fraction of sp³-hybridized carbons (Fsp3) is 0.727. The summed E-state index contributed by atoms with van der Waals surface area (Å²) in [6, 6.07) is 0. The monoisotopic (exact) mass is 229 g/mol. The van der Waals surface area contributed by atoms with Crippen LogP contribution in [0.2, 0.25) is 5.02 Å². The van der Waals surface area contributed by atoms with Crippen LogP contribution >= 0.6 is 11.6 Å². The Morgan fingerprint density at radius 3 is 2.67 bits per heavy atom. The lowest BCUT2D eigenvalue weighted by Crippen LogP contribution is -2.33. The van der Waals surface area contributed by atoms with Gasteiger partial charge in [-0.05, 0) is 18.9 Å². The van der Waals surface area contributed by atoms with E-state index in [9.17, 15) is 0 Å². The van der Waals surface area contributed by atoms with Gasteiger partial charge in [-0.2, -0.15) is 5.10 Å². The Bertz CT molecular complexity index is 318. The van der Waals surface area contributed by atoms with Gasteiger partial charge >= 0.3 is 0 Å². The normalized spacial score (nSPS) is 12.1. The van der Waals surface area contributed by atoms with Crippen LogP contribution in [0.25, 0.3) is 0 Å². The molecule has 0 amide bonds. The minimum Gasteiger partial charge on any atom is -0.316 e. The van der Waals surface area contributed by atoms with Crippen LogP contribution in [0.1, 0.15) is 26.5 Å². The molecule has 0 bridgehead atoms. The second-order valence-corrected chi connectivity index (χ2v) is 5.09. The molecule has 0 spiro atoms. The molecular weight excluding hydrogens is 210 g/mol. The van der Waals surface area contributed by atoms with Gasteiger partial charge in [0.15, 0.2) is 0 Å². The van der Waals surface area contributed by atoms with E-state index in [-0.39, 0.29) is 5.41 Å². The molecule has 1 aromatic heterocycles. The van der Waals surface area contributed by atoms with E-state index in [1.165, 1.54) is 0 Å². The van der Waals surface area contributed by atoms with E-state index < -0.39 is 0 Å². The molecule has 0 aliphatic rings. The second-order valence-electron chi connectivity index (χ2n) is 4.68. The van der Waals surface area contributed by atoms with Crippen LogP contribution < -0.4 is 5.32 Å². The molecule has 86 valence electrons. The maximum Gasteiger partial charge on any atom is 0.0814 e.